The Balaban J connectivity index is 1.74. The molecule has 1 atom stereocenters. The molecular weight excluding hydrogens is 326 g/mol. The molecule has 1 aliphatic rings. The molecule has 0 aliphatic carbocycles. The Morgan fingerprint density at radius 1 is 1.36 bits per heavy atom. The molecule has 0 radical (unpaired) electrons. The minimum Gasteiger partial charge on any atom is -0.462 e. The fourth-order valence-electron chi connectivity index (χ4n) is 2.50. The molecule has 130 valence electrons. The van der Waals surface area contributed by atoms with E-state index in [0.29, 0.717) is 23.7 Å². The Hall–Kier alpha value is -3.23. The predicted molar refractivity (Wildman–Crippen MR) is 88.1 cm³/mol. The zero-order valence-corrected chi connectivity index (χ0v) is 13.8. The van der Waals surface area contributed by atoms with Crippen LogP contribution in [0.4, 0.5) is 11.6 Å². The van der Waals surface area contributed by atoms with Crippen LogP contribution in [0.15, 0.2) is 24.3 Å². The number of benzene rings is 1. The van der Waals surface area contributed by atoms with Crippen LogP contribution < -0.4 is 10.6 Å². The molecule has 1 aliphatic heterocycles. The molecule has 1 aromatic heterocycles. The maximum atomic E-state index is 12.5. The largest absolute Gasteiger partial charge is 0.462 e. The minimum atomic E-state index is -0.783. The van der Waals surface area contributed by atoms with Gasteiger partial charge in [-0.25, -0.2) is 9.48 Å². The van der Waals surface area contributed by atoms with Crippen LogP contribution in [0.25, 0.3) is 0 Å². The number of esters is 1. The van der Waals surface area contributed by atoms with Gasteiger partial charge in [0.1, 0.15) is 11.9 Å². The van der Waals surface area contributed by atoms with E-state index in [2.05, 4.69) is 20.7 Å². The standard InChI is InChI=1S/C16H17N5O4/c1-3-25-15(24)10-4-6-11(7-5-10)18-14(23)12-8-13(22)19-16-17-9(2)20-21(12)16/h4-7,12H,3,8H2,1-2H3,(H,18,23)(H,17,19,20,22)/t12-/m0/s1. The maximum Gasteiger partial charge on any atom is 0.338 e. The molecule has 0 saturated heterocycles. The van der Waals surface area contributed by atoms with E-state index in [1.54, 1.807) is 38.1 Å². The van der Waals surface area contributed by atoms with E-state index < -0.39 is 12.0 Å². The number of carbonyl (C=O) groups is 3. The molecule has 0 spiro atoms. The van der Waals surface area contributed by atoms with E-state index in [1.807, 2.05) is 0 Å². The summed E-state index contributed by atoms with van der Waals surface area (Å²) in [5.74, 6) is -0.380. The lowest BCUT2D eigenvalue weighted by atomic mass is 10.1. The fourth-order valence-corrected chi connectivity index (χ4v) is 2.50. The highest BCUT2D eigenvalue weighted by Gasteiger charge is 2.32. The van der Waals surface area contributed by atoms with Crippen LogP contribution in [0.2, 0.25) is 0 Å². The summed E-state index contributed by atoms with van der Waals surface area (Å²) in [6.45, 7) is 3.70. The van der Waals surface area contributed by atoms with Crippen LogP contribution in [0.5, 0.6) is 0 Å². The van der Waals surface area contributed by atoms with Gasteiger partial charge >= 0.3 is 5.97 Å². The third kappa shape index (κ3) is 3.49. The molecule has 9 nitrogen and oxygen atoms in total. The molecule has 2 amide bonds. The van der Waals surface area contributed by atoms with Crippen LogP contribution in [0.3, 0.4) is 0 Å². The highest BCUT2D eigenvalue weighted by atomic mass is 16.5. The Morgan fingerprint density at radius 3 is 2.76 bits per heavy atom. The molecule has 0 saturated carbocycles. The number of rotatable bonds is 4. The molecule has 2 N–H and O–H groups in total. The van der Waals surface area contributed by atoms with E-state index >= 15 is 0 Å². The Kier molecular flexibility index (Phi) is 4.46. The van der Waals surface area contributed by atoms with Gasteiger partial charge < -0.3 is 10.1 Å². The third-order valence-corrected chi connectivity index (χ3v) is 3.63. The van der Waals surface area contributed by atoms with Crippen molar-refractivity contribution < 1.29 is 19.1 Å². The molecule has 2 heterocycles. The summed E-state index contributed by atoms with van der Waals surface area (Å²) in [6.07, 6.45) is -0.0253. The van der Waals surface area contributed by atoms with Crippen molar-refractivity contribution in [2.24, 2.45) is 0 Å². The van der Waals surface area contributed by atoms with E-state index in [0.717, 1.165) is 0 Å². The Labute approximate surface area is 143 Å². The second-order valence-electron chi connectivity index (χ2n) is 5.48. The number of aryl methyl sites for hydroxylation is 1. The zero-order chi connectivity index (χ0) is 18.0. The van der Waals surface area contributed by atoms with Crippen molar-refractivity contribution in [2.45, 2.75) is 26.3 Å². The van der Waals surface area contributed by atoms with Gasteiger partial charge in [-0.3, -0.25) is 14.9 Å². The second-order valence-corrected chi connectivity index (χ2v) is 5.48. The first-order chi connectivity index (χ1) is 12.0. The number of aromatic nitrogens is 3. The highest BCUT2D eigenvalue weighted by molar-refractivity contribution is 6.01. The Bertz CT molecular complexity index is 828. The summed E-state index contributed by atoms with van der Waals surface area (Å²) < 4.78 is 6.31. The summed E-state index contributed by atoms with van der Waals surface area (Å²) in [5, 5.41) is 9.46. The van der Waals surface area contributed by atoms with Gasteiger partial charge in [-0.05, 0) is 38.1 Å². The van der Waals surface area contributed by atoms with Gasteiger partial charge in [-0.15, -0.1) is 0 Å². The normalized spacial score (nSPS) is 15.9. The molecule has 9 heteroatoms. The number of hydrogen-bond donors (Lipinski definition) is 2. The van der Waals surface area contributed by atoms with Crippen LogP contribution in [0, 0.1) is 6.92 Å². The SMILES string of the molecule is CCOC(=O)c1ccc(NC(=O)[C@@H]2CC(=O)Nc3nc(C)nn32)cc1. The van der Waals surface area contributed by atoms with Crippen LogP contribution in [-0.2, 0) is 14.3 Å². The lowest BCUT2D eigenvalue weighted by Crippen LogP contribution is -2.36. The van der Waals surface area contributed by atoms with E-state index in [-0.39, 0.29) is 24.2 Å². The number of nitrogens with one attached hydrogen (secondary N) is 2. The highest BCUT2D eigenvalue weighted by Crippen LogP contribution is 2.24. The molecule has 2 aromatic rings. The number of fused-ring (bicyclic) bond motifs is 1. The average Bonchev–Trinajstić information content (AvgIpc) is 2.94. The lowest BCUT2D eigenvalue weighted by molar-refractivity contribution is -0.125. The molecule has 1 aromatic carbocycles. The molecule has 0 unspecified atom stereocenters. The van der Waals surface area contributed by atoms with Crippen molar-refractivity contribution in [1.82, 2.24) is 14.8 Å². The first-order valence-corrected chi connectivity index (χ1v) is 7.79. The van der Waals surface area contributed by atoms with Gasteiger partial charge in [0, 0.05) is 5.69 Å². The molecule has 0 fully saturated rings. The molecule has 3 rings (SSSR count). The van der Waals surface area contributed by atoms with E-state index in [1.165, 1.54) is 4.68 Å². The van der Waals surface area contributed by atoms with Gasteiger partial charge in [-0.1, -0.05) is 0 Å². The average molecular weight is 343 g/mol. The zero-order valence-electron chi connectivity index (χ0n) is 13.8. The fraction of sp³-hybridized carbons (Fsp3) is 0.312. The second kappa shape index (κ2) is 6.71. The number of amides is 2. The van der Waals surface area contributed by atoms with Gasteiger partial charge in [0.2, 0.25) is 17.8 Å². The number of carbonyl (C=O) groups excluding carboxylic acids is 3. The summed E-state index contributed by atoms with van der Waals surface area (Å²) in [5.41, 5.74) is 0.897. The van der Waals surface area contributed by atoms with Crippen LogP contribution in [0.1, 0.15) is 35.6 Å². The quantitative estimate of drug-likeness (QED) is 0.808. The van der Waals surface area contributed by atoms with Gasteiger partial charge in [0.05, 0.1) is 18.6 Å². The van der Waals surface area contributed by atoms with Crippen LogP contribution >= 0.6 is 0 Å². The maximum absolute atomic E-state index is 12.5. The first kappa shape index (κ1) is 16.6. The Morgan fingerprint density at radius 2 is 2.08 bits per heavy atom. The number of hydrogen-bond acceptors (Lipinski definition) is 6. The van der Waals surface area contributed by atoms with Crippen molar-refractivity contribution in [3.63, 3.8) is 0 Å². The monoisotopic (exact) mass is 343 g/mol. The van der Waals surface area contributed by atoms with Crippen LogP contribution in [-0.4, -0.2) is 39.2 Å². The number of ether oxygens (including phenoxy) is 1. The molecular formula is C16H17N5O4. The predicted octanol–water partition coefficient (Wildman–Crippen LogP) is 1.29. The minimum absolute atomic E-state index is 0.0253. The van der Waals surface area contributed by atoms with Gasteiger partial charge in [0.25, 0.3) is 0 Å². The van der Waals surface area contributed by atoms with Gasteiger partial charge in [0.15, 0.2) is 0 Å². The molecule has 25 heavy (non-hydrogen) atoms. The summed E-state index contributed by atoms with van der Waals surface area (Å²) in [7, 11) is 0. The van der Waals surface area contributed by atoms with Crippen molar-refractivity contribution in [1.29, 1.82) is 0 Å². The van der Waals surface area contributed by atoms with Gasteiger partial charge in [-0.2, -0.15) is 10.1 Å². The van der Waals surface area contributed by atoms with Crippen molar-refractivity contribution in [3.8, 4) is 0 Å². The lowest BCUT2D eigenvalue weighted by Gasteiger charge is -2.22. The third-order valence-electron chi connectivity index (χ3n) is 3.63. The van der Waals surface area contributed by atoms with Crippen molar-refractivity contribution in [2.75, 3.05) is 17.2 Å². The first-order valence-electron chi connectivity index (χ1n) is 7.79. The van der Waals surface area contributed by atoms with Crippen molar-refractivity contribution >= 4 is 29.4 Å². The van der Waals surface area contributed by atoms with E-state index in [4.69, 9.17) is 4.74 Å². The summed E-state index contributed by atoms with van der Waals surface area (Å²) in [4.78, 5) is 40.0. The number of anilines is 2. The summed E-state index contributed by atoms with van der Waals surface area (Å²) >= 11 is 0. The smallest absolute Gasteiger partial charge is 0.338 e. The van der Waals surface area contributed by atoms with E-state index in [9.17, 15) is 14.4 Å². The van der Waals surface area contributed by atoms with Crippen molar-refractivity contribution in [3.05, 3.63) is 35.7 Å². The summed E-state index contributed by atoms with van der Waals surface area (Å²) in [6, 6.07) is 5.54. The molecule has 0 bridgehead atoms. The number of nitrogens with zero attached hydrogens (tertiary/aromatic N) is 3. The topological polar surface area (TPSA) is 115 Å².